The highest BCUT2D eigenvalue weighted by Crippen LogP contribution is 2.19. The van der Waals surface area contributed by atoms with Crippen LogP contribution in [0.2, 0.25) is 19.6 Å². The Kier molecular flexibility index (Phi) is 6.76. The zero-order chi connectivity index (χ0) is 20.1. The molecule has 0 aliphatic rings. The van der Waals surface area contributed by atoms with E-state index in [4.69, 9.17) is 9.47 Å². The third-order valence-electron chi connectivity index (χ3n) is 2.84. The highest BCUT2D eigenvalue weighted by Gasteiger charge is 2.24. The Morgan fingerprint density at radius 1 is 1.12 bits per heavy atom. The number of hydrogen-bond donors (Lipinski definition) is 1. The smallest absolute Gasteiger partial charge is 0.397 e. The number of carbonyl (C=O) groups is 3. The summed E-state index contributed by atoms with van der Waals surface area (Å²) >= 11 is 0. The zero-order valence-corrected chi connectivity index (χ0v) is 17.3. The summed E-state index contributed by atoms with van der Waals surface area (Å²) in [6, 6.07) is 4.72. The molecule has 1 aromatic rings. The van der Waals surface area contributed by atoms with Crippen molar-refractivity contribution in [3.8, 4) is 11.5 Å². The Bertz CT molecular complexity index is 776. The summed E-state index contributed by atoms with van der Waals surface area (Å²) in [5.74, 6) is 0.402. The molecule has 140 valence electrons. The number of esters is 2. The molecular formula is C19H25NO5Si. The highest BCUT2D eigenvalue weighted by atomic mass is 28.3. The fourth-order valence-corrected chi connectivity index (χ4v) is 2.29. The number of amides is 1. The van der Waals surface area contributed by atoms with Crippen LogP contribution in [0.4, 0.5) is 5.69 Å². The van der Waals surface area contributed by atoms with Gasteiger partial charge in [0.25, 0.3) is 0 Å². The van der Waals surface area contributed by atoms with Crippen molar-refractivity contribution in [2.75, 3.05) is 12.4 Å². The normalized spacial score (nSPS) is 11.0. The van der Waals surface area contributed by atoms with E-state index in [1.165, 1.54) is 19.2 Å². The van der Waals surface area contributed by atoms with Gasteiger partial charge in [-0.3, -0.25) is 4.79 Å². The van der Waals surface area contributed by atoms with Crippen LogP contribution >= 0.6 is 0 Å². The standard InChI is InChI=1S/C19H25NO5Si/c1-19(2,3)25-18(23)16(21)20-15-9-8-13(10-11-26(5,6)7)12-14(15)17(22)24-4/h8-9,12H,1-7H3,(H,20,21). The number of benzene rings is 1. The van der Waals surface area contributed by atoms with Crippen LogP contribution in [0.3, 0.4) is 0 Å². The number of rotatable bonds is 2. The van der Waals surface area contributed by atoms with Crippen molar-refractivity contribution in [1.29, 1.82) is 0 Å². The number of methoxy groups -OCH3 is 1. The largest absolute Gasteiger partial charge is 0.465 e. The quantitative estimate of drug-likeness (QED) is 0.372. The topological polar surface area (TPSA) is 81.7 Å². The number of ether oxygens (including phenoxy) is 2. The van der Waals surface area contributed by atoms with E-state index in [0.29, 0.717) is 5.56 Å². The molecule has 0 bridgehead atoms. The van der Waals surface area contributed by atoms with Gasteiger partial charge in [-0.25, -0.2) is 9.59 Å². The minimum Gasteiger partial charge on any atom is -0.465 e. The molecule has 0 fully saturated rings. The Morgan fingerprint density at radius 2 is 1.73 bits per heavy atom. The first-order valence-corrected chi connectivity index (χ1v) is 11.6. The highest BCUT2D eigenvalue weighted by molar-refractivity contribution is 6.83. The second-order valence-electron chi connectivity index (χ2n) is 7.71. The Balaban J connectivity index is 3.14. The van der Waals surface area contributed by atoms with Crippen LogP contribution in [0.5, 0.6) is 0 Å². The van der Waals surface area contributed by atoms with Gasteiger partial charge in [0, 0.05) is 5.56 Å². The van der Waals surface area contributed by atoms with Crippen LogP contribution in [0, 0.1) is 11.5 Å². The van der Waals surface area contributed by atoms with E-state index in [1.54, 1.807) is 26.8 Å². The van der Waals surface area contributed by atoms with Crippen LogP contribution < -0.4 is 5.32 Å². The predicted molar refractivity (Wildman–Crippen MR) is 102 cm³/mol. The van der Waals surface area contributed by atoms with Crippen molar-refractivity contribution in [2.45, 2.75) is 46.0 Å². The molecule has 1 N–H and O–H groups in total. The van der Waals surface area contributed by atoms with Crippen molar-refractivity contribution in [2.24, 2.45) is 0 Å². The number of hydrogen-bond acceptors (Lipinski definition) is 5. The summed E-state index contributed by atoms with van der Waals surface area (Å²) in [7, 11) is -0.340. The van der Waals surface area contributed by atoms with Crippen molar-refractivity contribution in [3.63, 3.8) is 0 Å². The first-order valence-electron chi connectivity index (χ1n) is 8.12. The van der Waals surface area contributed by atoms with Gasteiger partial charge in [-0.05, 0) is 39.0 Å². The molecule has 1 aromatic carbocycles. The maximum Gasteiger partial charge on any atom is 0.397 e. The lowest BCUT2D eigenvalue weighted by molar-refractivity contribution is -0.161. The molecule has 0 saturated heterocycles. The summed E-state index contributed by atoms with van der Waals surface area (Å²) in [5, 5.41) is 2.39. The monoisotopic (exact) mass is 375 g/mol. The van der Waals surface area contributed by atoms with Gasteiger partial charge in [-0.2, -0.15) is 0 Å². The molecule has 0 radical (unpaired) electrons. The van der Waals surface area contributed by atoms with E-state index >= 15 is 0 Å². The van der Waals surface area contributed by atoms with Gasteiger partial charge < -0.3 is 14.8 Å². The molecule has 26 heavy (non-hydrogen) atoms. The van der Waals surface area contributed by atoms with Crippen LogP contribution in [-0.4, -0.2) is 38.6 Å². The number of carbonyl (C=O) groups excluding carboxylic acids is 3. The van der Waals surface area contributed by atoms with E-state index in [1.807, 2.05) is 0 Å². The lowest BCUT2D eigenvalue weighted by Crippen LogP contribution is -2.33. The second kappa shape index (κ2) is 8.19. The predicted octanol–water partition coefficient (Wildman–Crippen LogP) is 2.98. The summed E-state index contributed by atoms with van der Waals surface area (Å²) in [6.45, 7) is 11.3. The Labute approximate surface area is 155 Å². The van der Waals surface area contributed by atoms with Gasteiger partial charge in [0.05, 0.1) is 18.4 Å². The number of anilines is 1. The molecule has 0 saturated carbocycles. The van der Waals surface area contributed by atoms with Gasteiger partial charge in [0.15, 0.2) is 0 Å². The zero-order valence-electron chi connectivity index (χ0n) is 16.3. The SMILES string of the molecule is COC(=O)c1cc(C#C[Si](C)(C)C)ccc1NC(=O)C(=O)OC(C)(C)C. The molecule has 0 atom stereocenters. The van der Waals surface area contributed by atoms with Crippen molar-refractivity contribution >= 4 is 31.6 Å². The molecule has 1 rings (SSSR count). The summed E-state index contributed by atoms with van der Waals surface area (Å²) < 4.78 is 9.77. The van der Waals surface area contributed by atoms with Gasteiger partial charge in [0.2, 0.25) is 0 Å². The van der Waals surface area contributed by atoms with E-state index in [2.05, 4.69) is 36.4 Å². The van der Waals surface area contributed by atoms with Crippen molar-refractivity contribution in [1.82, 2.24) is 0 Å². The van der Waals surface area contributed by atoms with E-state index < -0.39 is 31.5 Å². The molecule has 0 aliphatic heterocycles. The molecular weight excluding hydrogens is 350 g/mol. The first-order chi connectivity index (χ1) is 11.8. The van der Waals surface area contributed by atoms with Gasteiger partial charge in [-0.1, -0.05) is 25.6 Å². The van der Waals surface area contributed by atoms with Gasteiger partial charge in [0.1, 0.15) is 13.7 Å². The maximum absolute atomic E-state index is 12.0. The molecule has 0 aromatic heterocycles. The van der Waals surface area contributed by atoms with Crippen LogP contribution in [0.15, 0.2) is 18.2 Å². The molecule has 0 heterocycles. The van der Waals surface area contributed by atoms with E-state index in [-0.39, 0.29) is 11.3 Å². The van der Waals surface area contributed by atoms with E-state index in [0.717, 1.165) is 0 Å². The number of nitrogens with one attached hydrogen (secondary N) is 1. The molecule has 1 amide bonds. The van der Waals surface area contributed by atoms with E-state index in [9.17, 15) is 14.4 Å². The Hall–Kier alpha value is -2.59. The van der Waals surface area contributed by atoms with Crippen LogP contribution in [0.25, 0.3) is 0 Å². The fraction of sp³-hybridized carbons (Fsp3) is 0.421. The summed E-state index contributed by atoms with van der Waals surface area (Å²) in [6.07, 6.45) is 0. The van der Waals surface area contributed by atoms with Gasteiger partial charge >= 0.3 is 17.8 Å². The molecule has 6 nitrogen and oxygen atoms in total. The average Bonchev–Trinajstić information content (AvgIpc) is 2.50. The minimum atomic E-state index is -1.58. The lowest BCUT2D eigenvalue weighted by atomic mass is 10.1. The van der Waals surface area contributed by atoms with Crippen molar-refractivity contribution in [3.05, 3.63) is 29.3 Å². The average molecular weight is 375 g/mol. The second-order valence-corrected chi connectivity index (χ2v) is 12.5. The summed E-state index contributed by atoms with van der Waals surface area (Å²) in [5.41, 5.74) is 3.31. The first kappa shape index (κ1) is 21.4. The molecule has 0 aliphatic carbocycles. The maximum atomic E-state index is 12.0. The fourth-order valence-electron chi connectivity index (χ4n) is 1.77. The van der Waals surface area contributed by atoms with Crippen LogP contribution in [0.1, 0.15) is 36.7 Å². The van der Waals surface area contributed by atoms with Crippen molar-refractivity contribution < 1.29 is 23.9 Å². The summed E-state index contributed by atoms with van der Waals surface area (Å²) in [4.78, 5) is 35.9. The minimum absolute atomic E-state index is 0.117. The van der Waals surface area contributed by atoms with Crippen LogP contribution in [-0.2, 0) is 19.1 Å². The Morgan fingerprint density at radius 3 is 2.23 bits per heavy atom. The third-order valence-corrected chi connectivity index (χ3v) is 3.71. The molecule has 0 spiro atoms. The van der Waals surface area contributed by atoms with Gasteiger partial charge in [-0.15, -0.1) is 5.54 Å². The molecule has 7 heteroatoms. The molecule has 0 unspecified atom stereocenters. The lowest BCUT2D eigenvalue weighted by Gasteiger charge is -2.19. The third kappa shape index (κ3) is 7.11.